The van der Waals surface area contributed by atoms with Crippen LogP contribution in [0.1, 0.15) is 12.5 Å². The maximum Gasteiger partial charge on any atom is 0.119 e. The molecule has 0 amide bonds. The molecule has 2 aromatic rings. The molecule has 1 aliphatic rings. The third-order valence-corrected chi connectivity index (χ3v) is 5.10. The van der Waals surface area contributed by atoms with Crippen LogP contribution in [0, 0.1) is 0 Å². The first kappa shape index (κ1) is 20.6. The normalized spacial score (nSPS) is 16.1. The average Bonchev–Trinajstić information content (AvgIpc) is 2.75. The van der Waals surface area contributed by atoms with Gasteiger partial charge in [0.05, 0.1) is 19.3 Å². The van der Waals surface area contributed by atoms with Gasteiger partial charge in [0.25, 0.3) is 0 Å². The van der Waals surface area contributed by atoms with E-state index in [1.165, 1.54) is 11.3 Å². The highest BCUT2D eigenvalue weighted by molar-refractivity contribution is 5.46. The number of para-hydroxylation sites is 1. The molecule has 1 fully saturated rings. The summed E-state index contributed by atoms with van der Waals surface area (Å²) in [7, 11) is 0. The van der Waals surface area contributed by atoms with Gasteiger partial charge in [-0.3, -0.25) is 4.90 Å². The molecule has 5 nitrogen and oxygen atoms in total. The third-order valence-electron chi connectivity index (χ3n) is 5.10. The fraction of sp³-hybridized carbons (Fsp3) is 0.478. The van der Waals surface area contributed by atoms with Gasteiger partial charge in [-0.15, -0.1) is 0 Å². The van der Waals surface area contributed by atoms with Crippen LogP contribution in [0.3, 0.4) is 0 Å². The van der Waals surface area contributed by atoms with E-state index in [2.05, 4.69) is 53.1 Å². The van der Waals surface area contributed by atoms with Crippen LogP contribution < -0.4 is 9.64 Å². The summed E-state index contributed by atoms with van der Waals surface area (Å²) in [5.74, 6) is 0.859. The Bertz CT molecular complexity index is 670. The Labute approximate surface area is 168 Å². The summed E-state index contributed by atoms with van der Waals surface area (Å²) in [4.78, 5) is 4.70. The number of benzene rings is 2. The summed E-state index contributed by atoms with van der Waals surface area (Å²) in [5, 5.41) is 10.2. The van der Waals surface area contributed by atoms with Gasteiger partial charge < -0.3 is 19.5 Å². The van der Waals surface area contributed by atoms with Gasteiger partial charge in [-0.25, -0.2) is 0 Å². The van der Waals surface area contributed by atoms with Gasteiger partial charge in [0.2, 0.25) is 0 Å². The number of anilines is 1. The minimum Gasteiger partial charge on any atom is -0.491 e. The topological polar surface area (TPSA) is 45.2 Å². The summed E-state index contributed by atoms with van der Waals surface area (Å²) in [6, 6.07) is 18.6. The van der Waals surface area contributed by atoms with Crippen LogP contribution in [0.2, 0.25) is 0 Å². The number of piperazine rings is 1. The molecule has 2 aromatic carbocycles. The van der Waals surface area contributed by atoms with Gasteiger partial charge in [-0.1, -0.05) is 37.3 Å². The monoisotopic (exact) mass is 384 g/mol. The molecule has 152 valence electrons. The molecule has 0 unspecified atom stereocenters. The Kier molecular flexibility index (Phi) is 8.15. The lowest BCUT2D eigenvalue weighted by atomic mass is 10.2. The first-order valence-electron chi connectivity index (χ1n) is 10.2. The Morgan fingerprint density at radius 2 is 1.64 bits per heavy atom. The smallest absolute Gasteiger partial charge is 0.119 e. The van der Waals surface area contributed by atoms with Crippen LogP contribution in [-0.4, -0.2) is 68.7 Å². The van der Waals surface area contributed by atoms with Crippen molar-refractivity contribution in [2.75, 3.05) is 57.4 Å². The molecular formula is C23H32N2O3. The van der Waals surface area contributed by atoms with Gasteiger partial charge in [-0.05, 0) is 36.2 Å². The summed E-state index contributed by atoms with van der Waals surface area (Å²) in [5.41, 5.74) is 2.58. The van der Waals surface area contributed by atoms with E-state index >= 15 is 0 Å². The summed E-state index contributed by atoms with van der Waals surface area (Å²) < 4.78 is 11.3. The molecule has 0 aliphatic carbocycles. The predicted octanol–water partition coefficient (Wildman–Crippen LogP) is 2.83. The van der Waals surface area contributed by atoms with Crippen molar-refractivity contribution in [1.29, 1.82) is 0 Å². The van der Waals surface area contributed by atoms with E-state index in [4.69, 9.17) is 9.47 Å². The molecule has 0 aromatic heterocycles. The third kappa shape index (κ3) is 6.51. The number of hydrogen-bond donors (Lipinski definition) is 1. The zero-order chi connectivity index (χ0) is 19.6. The average molecular weight is 385 g/mol. The minimum atomic E-state index is -0.466. The summed E-state index contributed by atoms with van der Waals surface area (Å²) >= 11 is 0. The number of ether oxygens (including phenoxy) is 2. The Hall–Kier alpha value is -2.08. The lowest BCUT2D eigenvalue weighted by Gasteiger charge is -2.36. The fourth-order valence-corrected chi connectivity index (χ4v) is 3.44. The standard InChI is InChI=1S/C23H32N2O3/c1-2-20-8-10-23(11-9-20)28-17-16-27-19-22(26)18-24-12-14-25(15-13-24)21-6-4-3-5-7-21/h3-11,22,26H,2,12-19H2,1H3/t22-/m1/s1. The molecule has 1 heterocycles. The van der Waals surface area contributed by atoms with Crippen LogP contribution in [-0.2, 0) is 11.2 Å². The van der Waals surface area contributed by atoms with Gasteiger partial charge in [0.15, 0.2) is 0 Å². The molecule has 0 bridgehead atoms. The van der Waals surface area contributed by atoms with E-state index < -0.39 is 6.10 Å². The van der Waals surface area contributed by atoms with Crippen molar-refractivity contribution in [2.45, 2.75) is 19.4 Å². The van der Waals surface area contributed by atoms with Crippen molar-refractivity contribution < 1.29 is 14.6 Å². The molecule has 0 saturated carbocycles. The summed E-state index contributed by atoms with van der Waals surface area (Å²) in [6.07, 6.45) is 0.565. The molecule has 1 saturated heterocycles. The maximum absolute atomic E-state index is 10.2. The van der Waals surface area contributed by atoms with Crippen LogP contribution in [0.4, 0.5) is 5.69 Å². The number of nitrogens with zero attached hydrogens (tertiary/aromatic N) is 2. The molecule has 1 N–H and O–H groups in total. The molecule has 1 atom stereocenters. The second-order valence-electron chi connectivity index (χ2n) is 7.20. The number of β-amino-alcohol motifs (C(OH)–C–C–N with tert-alkyl or cyclic N) is 1. The molecular weight excluding hydrogens is 352 g/mol. The quantitative estimate of drug-likeness (QED) is 0.638. The largest absolute Gasteiger partial charge is 0.491 e. The second-order valence-corrected chi connectivity index (χ2v) is 7.20. The number of rotatable bonds is 10. The van der Waals surface area contributed by atoms with Gasteiger partial charge in [0, 0.05) is 38.4 Å². The Morgan fingerprint density at radius 3 is 2.32 bits per heavy atom. The van der Waals surface area contributed by atoms with Crippen molar-refractivity contribution in [2.24, 2.45) is 0 Å². The number of hydrogen-bond acceptors (Lipinski definition) is 5. The highest BCUT2D eigenvalue weighted by atomic mass is 16.5. The molecule has 3 rings (SSSR count). The number of aliphatic hydroxyl groups excluding tert-OH is 1. The van der Waals surface area contributed by atoms with Crippen molar-refractivity contribution in [3.63, 3.8) is 0 Å². The van der Waals surface area contributed by atoms with E-state index in [0.717, 1.165) is 38.3 Å². The predicted molar refractivity (Wildman–Crippen MR) is 113 cm³/mol. The zero-order valence-electron chi connectivity index (χ0n) is 16.8. The fourth-order valence-electron chi connectivity index (χ4n) is 3.44. The van der Waals surface area contributed by atoms with E-state index in [1.807, 2.05) is 18.2 Å². The van der Waals surface area contributed by atoms with Crippen LogP contribution >= 0.6 is 0 Å². The van der Waals surface area contributed by atoms with Crippen molar-refractivity contribution >= 4 is 5.69 Å². The van der Waals surface area contributed by atoms with Gasteiger partial charge in [-0.2, -0.15) is 0 Å². The molecule has 0 spiro atoms. The van der Waals surface area contributed by atoms with E-state index in [9.17, 15) is 5.11 Å². The van der Waals surface area contributed by atoms with Gasteiger partial charge in [0.1, 0.15) is 12.4 Å². The summed E-state index contributed by atoms with van der Waals surface area (Å²) in [6.45, 7) is 8.01. The van der Waals surface area contributed by atoms with Crippen molar-refractivity contribution in [1.82, 2.24) is 4.90 Å². The SMILES string of the molecule is CCc1ccc(OCCOC[C@H](O)CN2CCN(c3ccccc3)CC2)cc1. The van der Waals surface area contributed by atoms with E-state index in [-0.39, 0.29) is 0 Å². The maximum atomic E-state index is 10.2. The molecule has 5 heteroatoms. The first-order chi connectivity index (χ1) is 13.7. The van der Waals surface area contributed by atoms with E-state index in [1.54, 1.807) is 0 Å². The Balaban J connectivity index is 1.26. The first-order valence-corrected chi connectivity index (χ1v) is 10.2. The molecule has 0 radical (unpaired) electrons. The van der Waals surface area contributed by atoms with Crippen LogP contribution in [0.15, 0.2) is 54.6 Å². The minimum absolute atomic E-state index is 0.344. The van der Waals surface area contributed by atoms with Crippen molar-refractivity contribution in [3.05, 3.63) is 60.2 Å². The van der Waals surface area contributed by atoms with Crippen molar-refractivity contribution in [3.8, 4) is 5.75 Å². The molecule has 28 heavy (non-hydrogen) atoms. The number of aryl methyl sites for hydroxylation is 1. The van der Waals surface area contributed by atoms with Crippen LogP contribution in [0.5, 0.6) is 5.75 Å². The highest BCUT2D eigenvalue weighted by Crippen LogP contribution is 2.15. The zero-order valence-corrected chi connectivity index (χ0v) is 16.8. The van der Waals surface area contributed by atoms with Gasteiger partial charge >= 0.3 is 0 Å². The lowest BCUT2D eigenvalue weighted by Crippen LogP contribution is -2.49. The Morgan fingerprint density at radius 1 is 0.929 bits per heavy atom. The molecule has 1 aliphatic heterocycles. The second kappa shape index (κ2) is 11.1. The van der Waals surface area contributed by atoms with Crippen LogP contribution in [0.25, 0.3) is 0 Å². The highest BCUT2D eigenvalue weighted by Gasteiger charge is 2.19. The van der Waals surface area contributed by atoms with E-state index in [0.29, 0.717) is 26.4 Å². The lowest BCUT2D eigenvalue weighted by molar-refractivity contribution is 0.00718. The number of aliphatic hydroxyl groups is 1.